The molecule has 4 aromatic carbocycles. The van der Waals surface area contributed by atoms with Gasteiger partial charge in [0.2, 0.25) is 5.82 Å². The maximum Gasteiger partial charge on any atom is 0.282 e. The highest BCUT2D eigenvalue weighted by molar-refractivity contribution is 6.35. The minimum absolute atomic E-state index is 0.285. The van der Waals surface area contributed by atoms with E-state index in [1.54, 1.807) is 31.5 Å². The molecular formula is C34H24Cl2N4O3. The lowest BCUT2D eigenvalue weighted by molar-refractivity contribution is 0.419. The van der Waals surface area contributed by atoms with Gasteiger partial charge in [-0.15, -0.1) is 0 Å². The van der Waals surface area contributed by atoms with Crippen LogP contribution in [0.3, 0.4) is 0 Å². The van der Waals surface area contributed by atoms with Crippen LogP contribution in [-0.2, 0) is 6.54 Å². The monoisotopic (exact) mass is 606 g/mol. The smallest absolute Gasteiger partial charge is 0.282 e. The summed E-state index contributed by atoms with van der Waals surface area (Å²) in [6.07, 6.45) is 1.71. The Hall–Kier alpha value is -4.85. The number of methoxy groups -OCH3 is 1. The van der Waals surface area contributed by atoms with Crippen molar-refractivity contribution in [2.45, 2.75) is 13.5 Å². The zero-order chi connectivity index (χ0) is 29.7. The van der Waals surface area contributed by atoms with Crippen LogP contribution in [-0.4, -0.2) is 27.6 Å². The summed E-state index contributed by atoms with van der Waals surface area (Å²) in [6.45, 7) is 2.57. The first-order valence-electron chi connectivity index (χ1n) is 13.6. The summed E-state index contributed by atoms with van der Waals surface area (Å²) in [5, 5.41) is 8.15. The lowest BCUT2D eigenvalue weighted by Gasteiger charge is -2.10. The molecule has 3 heterocycles. The van der Waals surface area contributed by atoms with Gasteiger partial charge < -0.3 is 13.7 Å². The SMILES string of the molecule is COc1cccc2oc(-c3nc4ccccc4c(=O)n3N=Cc3c(C)n(Cc4ccc(Cl)cc4Cl)c4ccccc34)cc12. The van der Waals surface area contributed by atoms with Crippen LogP contribution in [0.4, 0.5) is 0 Å². The second-order valence-electron chi connectivity index (χ2n) is 10.1. The summed E-state index contributed by atoms with van der Waals surface area (Å²) in [5.41, 5.74) is 4.66. The van der Waals surface area contributed by atoms with Crippen LogP contribution in [0, 0.1) is 6.92 Å². The molecule has 0 aliphatic heterocycles. The quantitative estimate of drug-likeness (QED) is 0.178. The number of hydrogen-bond acceptors (Lipinski definition) is 5. The Morgan fingerprint density at radius 2 is 1.72 bits per heavy atom. The van der Waals surface area contributed by atoms with Gasteiger partial charge >= 0.3 is 0 Å². The number of furan rings is 1. The molecule has 0 saturated carbocycles. The van der Waals surface area contributed by atoms with Gasteiger partial charge in [-0.05, 0) is 61.0 Å². The molecule has 0 saturated heterocycles. The molecule has 3 aromatic heterocycles. The van der Waals surface area contributed by atoms with E-state index in [0.29, 0.717) is 44.6 Å². The number of para-hydroxylation sites is 2. The average Bonchev–Trinajstić information content (AvgIpc) is 3.57. The molecule has 7 aromatic rings. The molecule has 0 radical (unpaired) electrons. The Balaban J connectivity index is 1.40. The number of hydrogen-bond donors (Lipinski definition) is 0. The van der Waals surface area contributed by atoms with Gasteiger partial charge in [0.25, 0.3) is 5.56 Å². The molecule has 7 rings (SSSR count). The number of halogens is 2. The van der Waals surface area contributed by atoms with Gasteiger partial charge in [-0.2, -0.15) is 9.78 Å². The number of aromatic nitrogens is 3. The summed E-state index contributed by atoms with van der Waals surface area (Å²) in [4.78, 5) is 18.7. The van der Waals surface area contributed by atoms with Gasteiger partial charge in [-0.3, -0.25) is 4.79 Å². The Morgan fingerprint density at radius 3 is 2.53 bits per heavy atom. The molecule has 0 atom stereocenters. The third kappa shape index (κ3) is 4.67. The van der Waals surface area contributed by atoms with Gasteiger partial charge in [-0.25, -0.2) is 4.98 Å². The van der Waals surface area contributed by atoms with Gasteiger partial charge in [0.05, 0.1) is 29.6 Å². The van der Waals surface area contributed by atoms with Gasteiger partial charge in [0.15, 0.2) is 5.76 Å². The first-order valence-corrected chi connectivity index (χ1v) is 14.3. The van der Waals surface area contributed by atoms with Gasteiger partial charge in [0.1, 0.15) is 11.3 Å². The zero-order valence-electron chi connectivity index (χ0n) is 23.2. The van der Waals surface area contributed by atoms with Crippen molar-refractivity contribution < 1.29 is 9.15 Å². The van der Waals surface area contributed by atoms with E-state index in [1.165, 1.54) is 4.68 Å². The molecule has 43 heavy (non-hydrogen) atoms. The number of benzene rings is 4. The van der Waals surface area contributed by atoms with E-state index in [9.17, 15) is 4.79 Å². The normalized spacial score (nSPS) is 11.8. The standard InChI is InChI=1S/C34H24Cl2N4O3/c1-20-26(23-8-4-6-11-29(23)39(20)19-21-14-15-22(35)16-27(21)36)18-37-40-33(38-28-10-5-3-9-24(28)34(40)41)32-17-25-30(42-2)12-7-13-31(25)43-32/h3-18H,19H2,1-2H3. The minimum Gasteiger partial charge on any atom is -0.496 e. The fourth-order valence-corrected chi connectivity index (χ4v) is 5.94. The molecule has 0 aliphatic rings. The summed E-state index contributed by atoms with van der Waals surface area (Å²) in [7, 11) is 1.61. The van der Waals surface area contributed by atoms with E-state index in [0.717, 1.165) is 33.1 Å². The third-order valence-corrected chi connectivity index (χ3v) is 8.23. The highest BCUT2D eigenvalue weighted by Gasteiger charge is 2.19. The maximum atomic E-state index is 13.9. The van der Waals surface area contributed by atoms with Crippen molar-refractivity contribution in [1.82, 2.24) is 14.2 Å². The molecule has 7 nitrogen and oxygen atoms in total. The van der Waals surface area contributed by atoms with Crippen LogP contribution in [0.25, 0.3) is 44.4 Å². The highest BCUT2D eigenvalue weighted by Crippen LogP contribution is 2.33. The predicted molar refractivity (Wildman–Crippen MR) is 173 cm³/mol. The predicted octanol–water partition coefficient (Wildman–Crippen LogP) is 8.32. The molecule has 0 unspecified atom stereocenters. The Morgan fingerprint density at radius 1 is 0.930 bits per heavy atom. The summed E-state index contributed by atoms with van der Waals surface area (Å²) in [6, 6.07) is 28.2. The van der Waals surface area contributed by atoms with Crippen LogP contribution < -0.4 is 10.3 Å². The van der Waals surface area contributed by atoms with Crippen molar-refractivity contribution in [3.05, 3.63) is 128 Å². The van der Waals surface area contributed by atoms with Crippen LogP contribution >= 0.6 is 23.2 Å². The van der Waals surface area contributed by atoms with E-state index < -0.39 is 0 Å². The van der Waals surface area contributed by atoms with Crippen molar-refractivity contribution >= 4 is 62.2 Å². The Bertz CT molecular complexity index is 2280. The van der Waals surface area contributed by atoms with Gasteiger partial charge in [-0.1, -0.05) is 65.7 Å². The average molecular weight is 607 g/mol. The largest absolute Gasteiger partial charge is 0.496 e. The molecule has 0 amide bonds. The second-order valence-corrected chi connectivity index (χ2v) is 11.0. The van der Waals surface area contributed by atoms with Crippen LogP contribution in [0.15, 0.2) is 105 Å². The highest BCUT2D eigenvalue weighted by atomic mass is 35.5. The summed E-state index contributed by atoms with van der Waals surface area (Å²) in [5.74, 6) is 1.35. The van der Waals surface area contributed by atoms with E-state index in [2.05, 4.69) is 10.6 Å². The number of nitrogens with zero attached hydrogens (tertiary/aromatic N) is 4. The van der Waals surface area contributed by atoms with Crippen LogP contribution in [0.1, 0.15) is 16.8 Å². The van der Waals surface area contributed by atoms with Crippen molar-refractivity contribution in [3.8, 4) is 17.3 Å². The van der Waals surface area contributed by atoms with E-state index in [-0.39, 0.29) is 11.4 Å². The van der Waals surface area contributed by atoms with E-state index in [4.69, 9.17) is 42.4 Å². The molecular weight excluding hydrogens is 583 g/mol. The third-order valence-electron chi connectivity index (χ3n) is 7.64. The van der Waals surface area contributed by atoms with Crippen LogP contribution in [0.5, 0.6) is 5.75 Å². The van der Waals surface area contributed by atoms with Gasteiger partial charge in [0, 0.05) is 38.8 Å². The molecule has 0 fully saturated rings. The molecule has 212 valence electrons. The molecule has 9 heteroatoms. The summed E-state index contributed by atoms with van der Waals surface area (Å²) < 4.78 is 15.2. The molecule has 0 N–H and O–H groups in total. The van der Waals surface area contributed by atoms with Crippen molar-refractivity contribution in [1.29, 1.82) is 0 Å². The first kappa shape index (κ1) is 27.0. The van der Waals surface area contributed by atoms with Crippen molar-refractivity contribution in [3.63, 3.8) is 0 Å². The molecule has 0 spiro atoms. The lowest BCUT2D eigenvalue weighted by atomic mass is 10.1. The topological polar surface area (TPSA) is 74.6 Å². The van der Waals surface area contributed by atoms with Crippen molar-refractivity contribution in [2.75, 3.05) is 7.11 Å². The first-order chi connectivity index (χ1) is 20.9. The molecule has 0 aliphatic carbocycles. The lowest BCUT2D eigenvalue weighted by Crippen LogP contribution is -2.20. The summed E-state index contributed by atoms with van der Waals surface area (Å²) >= 11 is 12.7. The maximum absolute atomic E-state index is 13.9. The Labute approximate surface area is 256 Å². The minimum atomic E-state index is -0.307. The number of rotatable bonds is 6. The number of fused-ring (bicyclic) bond motifs is 3. The fraction of sp³-hybridized carbons (Fsp3) is 0.0882. The van der Waals surface area contributed by atoms with Crippen molar-refractivity contribution in [2.24, 2.45) is 5.10 Å². The van der Waals surface area contributed by atoms with E-state index in [1.807, 2.05) is 73.7 Å². The molecule has 0 bridgehead atoms. The number of ether oxygens (including phenoxy) is 1. The van der Waals surface area contributed by atoms with Crippen LogP contribution in [0.2, 0.25) is 10.0 Å². The zero-order valence-corrected chi connectivity index (χ0v) is 24.7. The Kier molecular flexibility index (Phi) is 6.76. The van der Waals surface area contributed by atoms with E-state index >= 15 is 0 Å². The second kappa shape index (κ2) is 10.8. The fourth-order valence-electron chi connectivity index (χ4n) is 5.47.